The average molecular weight is 708 g/mol. The SMILES string of the molecule is COC[C@@H]1O[C@H](OC(C)(C)[C@@H]2CC[C@]3(C)C=C([C@@H]4CC[C@@H]5[C@]4(C)C[C@H](O)[C@H]4O[C@@H](C(C)(C)O)CC[C@]54C)CC[C@@H]3O2)[C@H](NC(C)=O)[C@H](O)[C@@H]1O. The molecule has 0 radical (unpaired) electrons. The van der Waals surface area contributed by atoms with E-state index in [1.807, 2.05) is 27.7 Å². The maximum Gasteiger partial charge on any atom is 0.217 e. The summed E-state index contributed by atoms with van der Waals surface area (Å²) in [4.78, 5) is 12.0. The van der Waals surface area contributed by atoms with Crippen LogP contribution in [0.15, 0.2) is 11.6 Å². The lowest BCUT2D eigenvalue weighted by Gasteiger charge is -2.60. The number of hydrogen-bond donors (Lipinski definition) is 5. The Kier molecular flexibility index (Phi) is 10.5. The zero-order valence-electron chi connectivity index (χ0n) is 31.8. The number of rotatable bonds is 8. The van der Waals surface area contributed by atoms with Gasteiger partial charge < -0.3 is 49.4 Å². The molecular formula is C39H65NO10. The van der Waals surface area contributed by atoms with Gasteiger partial charge in [-0.25, -0.2) is 0 Å². The molecule has 5 N–H and O–H groups in total. The van der Waals surface area contributed by atoms with Gasteiger partial charge in [0.05, 0.1) is 48.3 Å². The second-order valence-electron chi connectivity index (χ2n) is 18.5. The Bertz CT molecular complexity index is 1280. The second kappa shape index (κ2) is 13.6. The van der Waals surface area contributed by atoms with Crippen molar-refractivity contribution in [3.63, 3.8) is 0 Å². The lowest BCUT2D eigenvalue weighted by Crippen LogP contribution is -2.66. The predicted octanol–water partition coefficient (Wildman–Crippen LogP) is 3.78. The van der Waals surface area contributed by atoms with E-state index in [0.29, 0.717) is 18.3 Å². The molecule has 11 nitrogen and oxygen atoms in total. The summed E-state index contributed by atoms with van der Waals surface area (Å²) >= 11 is 0. The Morgan fingerprint density at radius 2 is 1.64 bits per heavy atom. The summed E-state index contributed by atoms with van der Waals surface area (Å²) in [6.07, 6.45) is 5.08. The summed E-state index contributed by atoms with van der Waals surface area (Å²) in [7, 11) is 1.50. The number of carbonyl (C=O) groups excluding carboxylic acids is 1. The monoisotopic (exact) mass is 707 g/mol. The first kappa shape index (κ1) is 38.6. The van der Waals surface area contributed by atoms with Crippen molar-refractivity contribution in [2.75, 3.05) is 13.7 Å². The number of nitrogens with one attached hydrogen (secondary N) is 1. The van der Waals surface area contributed by atoms with E-state index in [9.17, 15) is 25.2 Å². The van der Waals surface area contributed by atoms with E-state index >= 15 is 0 Å². The molecule has 6 aliphatic rings. The van der Waals surface area contributed by atoms with Gasteiger partial charge in [-0.1, -0.05) is 32.4 Å². The highest BCUT2D eigenvalue weighted by Crippen LogP contribution is 2.67. The fourth-order valence-electron chi connectivity index (χ4n) is 11.4. The molecule has 50 heavy (non-hydrogen) atoms. The molecule has 11 heteroatoms. The third-order valence-electron chi connectivity index (χ3n) is 14.1. The number of methoxy groups -OCH3 is 1. The molecule has 3 saturated heterocycles. The van der Waals surface area contributed by atoms with Gasteiger partial charge in [0.15, 0.2) is 6.29 Å². The van der Waals surface area contributed by atoms with Crippen LogP contribution in [0.5, 0.6) is 0 Å². The van der Waals surface area contributed by atoms with Gasteiger partial charge in [0, 0.05) is 19.4 Å². The minimum Gasteiger partial charge on any atom is -0.390 e. The molecule has 0 aromatic heterocycles. The maximum atomic E-state index is 12.0. The van der Waals surface area contributed by atoms with Crippen LogP contribution in [0.3, 0.4) is 0 Å². The Morgan fingerprint density at radius 3 is 2.30 bits per heavy atom. The summed E-state index contributed by atoms with van der Waals surface area (Å²) < 4.78 is 31.3. The van der Waals surface area contributed by atoms with E-state index < -0.39 is 47.9 Å². The smallest absolute Gasteiger partial charge is 0.217 e. The van der Waals surface area contributed by atoms with Gasteiger partial charge in [-0.2, -0.15) is 0 Å². The number of aliphatic hydroxyl groups is 4. The van der Waals surface area contributed by atoms with Crippen molar-refractivity contribution in [3.8, 4) is 0 Å². The van der Waals surface area contributed by atoms with E-state index in [4.69, 9.17) is 23.7 Å². The van der Waals surface area contributed by atoms with Crippen LogP contribution in [0.2, 0.25) is 0 Å². The van der Waals surface area contributed by atoms with Crippen LogP contribution in [0.1, 0.15) is 113 Å². The third-order valence-corrected chi connectivity index (χ3v) is 14.1. The number of hydrogen-bond acceptors (Lipinski definition) is 10. The van der Waals surface area contributed by atoms with Crippen molar-refractivity contribution >= 4 is 5.91 Å². The predicted molar refractivity (Wildman–Crippen MR) is 186 cm³/mol. The minimum atomic E-state index is -1.29. The van der Waals surface area contributed by atoms with Gasteiger partial charge in [-0.3, -0.25) is 4.79 Å². The molecule has 0 aromatic rings. The Labute approximate surface area is 298 Å². The normalized spacial score (nSPS) is 48.2. The largest absolute Gasteiger partial charge is 0.390 e. The van der Waals surface area contributed by atoms with Gasteiger partial charge >= 0.3 is 0 Å². The Morgan fingerprint density at radius 1 is 0.940 bits per heavy atom. The quantitative estimate of drug-likeness (QED) is 0.236. The van der Waals surface area contributed by atoms with Crippen LogP contribution < -0.4 is 5.32 Å². The number of carbonyl (C=O) groups is 1. The van der Waals surface area contributed by atoms with Gasteiger partial charge in [-0.05, 0) is 108 Å². The van der Waals surface area contributed by atoms with E-state index in [-0.39, 0.29) is 53.2 Å². The topological polar surface area (TPSA) is 156 Å². The number of allylic oxidation sites excluding steroid dienone is 1. The lowest BCUT2D eigenvalue weighted by molar-refractivity contribution is -0.316. The molecule has 1 amide bonds. The van der Waals surface area contributed by atoms with Crippen molar-refractivity contribution < 1.29 is 48.9 Å². The van der Waals surface area contributed by atoms with Crippen molar-refractivity contribution in [3.05, 3.63) is 11.6 Å². The summed E-state index contributed by atoms with van der Waals surface area (Å²) in [5.74, 6) is 0.485. The molecule has 0 unspecified atom stereocenters. The van der Waals surface area contributed by atoms with Gasteiger partial charge in [0.2, 0.25) is 5.91 Å². The first-order valence-electron chi connectivity index (χ1n) is 19.1. The van der Waals surface area contributed by atoms with Crippen molar-refractivity contribution in [1.82, 2.24) is 5.32 Å². The van der Waals surface area contributed by atoms with Crippen molar-refractivity contribution in [2.45, 2.75) is 186 Å². The van der Waals surface area contributed by atoms with E-state index in [1.165, 1.54) is 19.6 Å². The Balaban J connectivity index is 1.15. The van der Waals surface area contributed by atoms with E-state index in [0.717, 1.165) is 51.4 Å². The highest BCUT2D eigenvalue weighted by molar-refractivity contribution is 5.73. The fraction of sp³-hybridized carbons (Fsp3) is 0.923. The Hall–Kier alpha value is -1.15. The number of fused-ring (bicyclic) bond motifs is 4. The zero-order chi connectivity index (χ0) is 36.6. The molecular weight excluding hydrogens is 642 g/mol. The number of amides is 1. The molecule has 0 spiro atoms. The summed E-state index contributed by atoms with van der Waals surface area (Å²) in [6.45, 7) is 16.0. The summed E-state index contributed by atoms with van der Waals surface area (Å²) in [5.41, 5.74) is -0.532. The molecule has 3 aliphatic heterocycles. The molecule has 15 atom stereocenters. The van der Waals surface area contributed by atoms with Crippen LogP contribution in [0.4, 0.5) is 0 Å². The van der Waals surface area contributed by atoms with Gasteiger partial charge in [0.1, 0.15) is 24.4 Å². The molecule has 3 aliphatic carbocycles. The van der Waals surface area contributed by atoms with E-state index in [1.54, 1.807) is 0 Å². The first-order chi connectivity index (χ1) is 23.2. The molecule has 286 valence electrons. The summed E-state index contributed by atoms with van der Waals surface area (Å²) in [5, 5.41) is 46.7. The van der Waals surface area contributed by atoms with Gasteiger partial charge in [0.25, 0.3) is 0 Å². The summed E-state index contributed by atoms with van der Waals surface area (Å²) in [6, 6.07) is -0.959. The molecule has 3 heterocycles. The highest BCUT2D eigenvalue weighted by atomic mass is 16.7. The average Bonchev–Trinajstić information content (AvgIpc) is 3.37. The van der Waals surface area contributed by atoms with Crippen LogP contribution in [0.25, 0.3) is 0 Å². The van der Waals surface area contributed by atoms with Crippen molar-refractivity contribution in [1.29, 1.82) is 0 Å². The van der Waals surface area contributed by atoms with Crippen molar-refractivity contribution in [2.24, 2.45) is 28.1 Å². The van der Waals surface area contributed by atoms with E-state index in [2.05, 4.69) is 32.2 Å². The first-order valence-corrected chi connectivity index (χ1v) is 19.1. The third kappa shape index (κ3) is 6.74. The highest BCUT2D eigenvalue weighted by Gasteiger charge is 2.65. The number of aliphatic hydroxyl groups excluding tert-OH is 3. The molecule has 0 aromatic carbocycles. The maximum absolute atomic E-state index is 12.0. The minimum absolute atomic E-state index is 0.00862. The van der Waals surface area contributed by atoms with Crippen LogP contribution in [-0.2, 0) is 28.5 Å². The van der Waals surface area contributed by atoms with Crippen LogP contribution >= 0.6 is 0 Å². The fourth-order valence-corrected chi connectivity index (χ4v) is 11.4. The standard InChI is InChI=1S/C39H65NO10/c1-21(41)40-30-32(44)31(43)25(20-46-9)47-34(30)50-36(4,5)28-14-16-37(6)18-22(10-13-29(37)48-28)23-11-12-26-38(7)17-15-27(35(2,3)45)49-33(38)24(42)19-39(23,26)8/h18,23-34,42-45H,10-17,19-20H2,1-9H3,(H,40,41)/t23-,24-,25-,26-,27+,28-,29-,30+,31+,32-,33+,34+,37+,38+,39+/m0/s1. The molecule has 2 saturated carbocycles. The lowest BCUT2D eigenvalue weighted by atomic mass is 9.50. The zero-order valence-corrected chi connectivity index (χ0v) is 31.8. The molecule has 5 fully saturated rings. The van der Waals surface area contributed by atoms with Gasteiger partial charge in [-0.15, -0.1) is 0 Å². The number of ether oxygens (including phenoxy) is 5. The molecule has 0 bridgehead atoms. The van der Waals surface area contributed by atoms with Crippen LogP contribution in [-0.4, -0.2) is 112 Å². The molecule has 6 rings (SSSR count). The van der Waals surface area contributed by atoms with Crippen LogP contribution in [0, 0.1) is 28.1 Å². The second-order valence-corrected chi connectivity index (χ2v) is 18.5.